The smallest absolute Gasteiger partial charge is 0.326 e. The Morgan fingerprint density at radius 2 is 1.89 bits per heavy atom. The van der Waals surface area contributed by atoms with Crippen LogP contribution in [0.3, 0.4) is 0 Å². The number of aliphatic imine (C=N–C) groups is 1. The average molecular weight is 657 g/mol. The number of thiophene rings is 1. The lowest BCUT2D eigenvalue weighted by Gasteiger charge is -2.26. The van der Waals surface area contributed by atoms with E-state index in [4.69, 9.17) is 20.9 Å². The van der Waals surface area contributed by atoms with Gasteiger partial charge in [0.15, 0.2) is 5.96 Å². The minimum Gasteiger partial charge on any atom is -0.492 e. The first-order valence-electron chi connectivity index (χ1n) is 14.5. The number of carbonyl (C=O) groups is 2. The maximum atomic E-state index is 13.8. The van der Waals surface area contributed by atoms with Gasteiger partial charge in [0.2, 0.25) is 0 Å². The number of carboxylic acids is 1. The number of carboxylic acid groups (broad SMARTS) is 1. The molecule has 0 radical (unpaired) electrons. The fourth-order valence-electron chi connectivity index (χ4n) is 5.26. The first kappa shape index (κ1) is 32.2. The molecule has 1 aromatic heterocycles. The highest BCUT2D eigenvalue weighted by molar-refractivity contribution is 7.92. The number of hydrogen-bond donors (Lipinski definition) is 5. The lowest BCUT2D eigenvalue weighted by Crippen LogP contribution is -2.40. The molecule has 5 rings (SSSR count). The zero-order chi connectivity index (χ0) is 32.0. The molecule has 240 valence electrons. The van der Waals surface area contributed by atoms with Crippen molar-refractivity contribution in [3.05, 3.63) is 63.8 Å². The van der Waals surface area contributed by atoms with Crippen molar-refractivity contribution in [1.29, 1.82) is 0 Å². The number of ether oxygens (including phenoxy) is 2. The number of nitrogens with two attached hydrogens (primary N) is 2. The van der Waals surface area contributed by atoms with Crippen LogP contribution in [0.4, 0.5) is 5.69 Å². The summed E-state index contributed by atoms with van der Waals surface area (Å²) in [7, 11) is -4.22. The second-order valence-electron chi connectivity index (χ2n) is 10.7. The van der Waals surface area contributed by atoms with Crippen LogP contribution in [0.25, 0.3) is 11.1 Å². The van der Waals surface area contributed by atoms with Crippen LogP contribution < -0.4 is 26.2 Å². The molecule has 7 N–H and O–H groups in total. The van der Waals surface area contributed by atoms with Crippen LogP contribution >= 0.6 is 11.3 Å². The van der Waals surface area contributed by atoms with Gasteiger partial charge in [0.25, 0.3) is 15.9 Å². The lowest BCUT2D eigenvalue weighted by atomic mass is 10.00. The van der Waals surface area contributed by atoms with Gasteiger partial charge in [0.1, 0.15) is 21.6 Å². The maximum Gasteiger partial charge on any atom is 0.326 e. The molecule has 1 saturated heterocycles. The van der Waals surface area contributed by atoms with Crippen LogP contribution in [0.5, 0.6) is 5.75 Å². The summed E-state index contributed by atoms with van der Waals surface area (Å²) in [6, 6.07) is 11.8. The van der Waals surface area contributed by atoms with E-state index in [-0.39, 0.29) is 40.1 Å². The van der Waals surface area contributed by atoms with Gasteiger partial charge in [-0.2, -0.15) is 0 Å². The van der Waals surface area contributed by atoms with Crippen LogP contribution in [0, 0.1) is 0 Å². The van der Waals surface area contributed by atoms with Gasteiger partial charge >= 0.3 is 5.97 Å². The monoisotopic (exact) mass is 656 g/mol. The lowest BCUT2D eigenvalue weighted by molar-refractivity contribution is -0.139. The number of aliphatic carboxylic acids is 1. The Labute approximate surface area is 265 Å². The Balaban J connectivity index is 1.36. The largest absolute Gasteiger partial charge is 0.492 e. The second kappa shape index (κ2) is 14.3. The van der Waals surface area contributed by atoms with Gasteiger partial charge in [0, 0.05) is 32.6 Å². The summed E-state index contributed by atoms with van der Waals surface area (Å²) in [4.78, 5) is 31.0. The number of hydrogen-bond acceptors (Lipinski definition) is 9. The normalized spacial score (nSPS) is 15.5. The molecule has 0 unspecified atom stereocenters. The third-order valence-corrected chi connectivity index (χ3v) is 9.76. The van der Waals surface area contributed by atoms with Crippen molar-refractivity contribution in [2.45, 2.75) is 36.7 Å². The van der Waals surface area contributed by atoms with Crippen LogP contribution in [0.15, 0.2) is 57.7 Å². The molecule has 0 aliphatic carbocycles. The Morgan fingerprint density at radius 1 is 1.09 bits per heavy atom. The second-order valence-corrected chi connectivity index (χ2v) is 13.3. The molecule has 13 nitrogen and oxygen atoms in total. The highest BCUT2D eigenvalue weighted by Crippen LogP contribution is 2.39. The fourth-order valence-corrected chi connectivity index (χ4v) is 7.36. The highest BCUT2D eigenvalue weighted by Gasteiger charge is 2.29. The molecule has 1 amide bonds. The Bertz CT molecular complexity index is 1680. The summed E-state index contributed by atoms with van der Waals surface area (Å²) in [5.41, 5.74) is 14.1. The molecule has 0 spiro atoms. The number of nitrogens with zero attached hydrogens (tertiary/aromatic N) is 2. The molecule has 2 aromatic carbocycles. The number of guanidine groups is 1. The molecule has 2 aliphatic heterocycles. The minimum absolute atomic E-state index is 0.0265. The molecular weight excluding hydrogens is 620 g/mol. The van der Waals surface area contributed by atoms with Gasteiger partial charge in [-0.25, -0.2) is 13.2 Å². The third kappa shape index (κ3) is 8.11. The Hall–Kier alpha value is -4.18. The zero-order valence-corrected chi connectivity index (χ0v) is 26.2. The molecule has 0 bridgehead atoms. The standard InChI is InChI=1S/C30H36N6O7S2/c31-30(32)33-8-2-5-24(29(38)39)34-28(37)27-23(7-14-44-27)35-45(40,41)25-17-22(16-21-6-11-43-26(21)25)20-4-1-3-19(15-20)18-36-9-12-42-13-10-36/h1,3-4,7,14-17,24,35H,2,5-6,8-13,18H2,(H,34,37)(H,38,39)(H4,31,32,33)/t24-/m0/s1. The van der Waals surface area contributed by atoms with E-state index in [1.165, 1.54) is 6.07 Å². The van der Waals surface area contributed by atoms with Crippen LogP contribution in [-0.2, 0) is 32.5 Å². The van der Waals surface area contributed by atoms with Gasteiger partial charge < -0.3 is 31.4 Å². The summed E-state index contributed by atoms with van der Waals surface area (Å²) >= 11 is 0.991. The topological polar surface area (TPSA) is 199 Å². The number of sulfonamides is 1. The SMILES string of the molecule is NC(N)=NCCC[C@H](NC(=O)c1sccc1NS(=O)(=O)c1cc(-c2cccc(CN3CCOCC3)c2)cc2c1OCC2)C(=O)O. The van der Waals surface area contributed by atoms with Gasteiger partial charge in [0.05, 0.1) is 25.5 Å². The van der Waals surface area contributed by atoms with Crippen molar-refractivity contribution in [1.82, 2.24) is 10.2 Å². The molecule has 1 fully saturated rings. The van der Waals surface area contributed by atoms with Crippen molar-refractivity contribution in [3.8, 4) is 16.9 Å². The molecule has 2 aliphatic rings. The zero-order valence-electron chi connectivity index (χ0n) is 24.5. The number of nitrogens with one attached hydrogen (secondary N) is 2. The van der Waals surface area contributed by atoms with Crippen LogP contribution in [0.2, 0.25) is 0 Å². The van der Waals surface area contributed by atoms with Gasteiger partial charge in [-0.05, 0) is 64.7 Å². The van der Waals surface area contributed by atoms with E-state index in [9.17, 15) is 23.1 Å². The van der Waals surface area contributed by atoms with E-state index in [0.29, 0.717) is 32.7 Å². The molecule has 15 heteroatoms. The Kier molecular flexibility index (Phi) is 10.2. The number of rotatable bonds is 13. The molecule has 45 heavy (non-hydrogen) atoms. The van der Waals surface area contributed by atoms with Crippen molar-refractivity contribution >= 4 is 44.9 Å². The molecule has 3 heterocycles. The van der Waals surface area contributed by atoms with E-state index < -0.39 is 27.9 Å². The Morgan fingerprint density at radius 3 is 2.64 bits per heavy atom. The van der Waals surface area contributed by atoms with Crippen LogP contribution in [0.1, 0.15) is 33.6 Å². The molecule has 3 aromatic rings. The first-order valence-corrected chi connectivity index (χ1v) is 16.9. The number of benzene rings is 2. The molecular formula is C30H36N6O7S2. The fraction of sp³-hybridized carbons (Fsp3) is 0.367. The highest BCUT2D eigenvalue weighted by atomic mass is 32.2. The van der Waals surface area contributed by atoms with Gasteiger partial charge in [-0.1, -0.05) is 18.2 Å². The first-order chi connectivity index (χ1) is 21.6. The molecule has 0 saturated carbocycles. The predicted molar refractivity (Wildman–Crippen MR) is 171 cm³/mol. The summed E-state index contributed by atoms with van der Waals surface area (Å²) in [5.74, 6) is -1.78. The van der Waals surface area contributed by atoms with E-state index in [1.807, 2.05) is 18.2 Å². The van der Waals surface area contributed by atoms with Crippen molar-refractivity contribution in [3.63, 3.8) is 0 Å². The maximum absolute atomic E-state index is 13.8. The number of amides is 1. The van der Waals surface area contributed by atoms with E-state index >= 15 is 0 Å². The van der Waals surface area contributed by atoms with Crippen molar-refractivity contribution < 1.29 is 32.6 Å². The average Bonchev–Trinajstić information content (AvgIpc) is 3.68. The quantitative estimate of drug-likeness (QED) is 0.103. The van der Waals surface area contributed by atoms with E-state index in [0.717, 1.165) is 53.2 Å². The number of morpholine rings is 1. The summed E-state index contributed by atoms with van der Waals surface area (Å²) in [6.45, 7) is 4.43. The van der Waals surface area contributed by atoms with E-state index in [1.54, 1.807) is 11.4 Å². The van der Waals surface area contributed by atoms with Crippen LogP contribution in [-0.4, -0.2) is 81.8 Å². The van der Waals surface area contributed by atoms with Crippen molar-refractivity contribution in [2.75, 3.05) is 44.2 Å². The predicted octanol–water partition coefficient (Wildman–Crippen LogP) is 2.22. The summed E-state index contributed by atoms with van der Waals surface area (Å²) < 4.78 is 41.4. The van der Waals surface area contributed by atoms with E-state index in [2.05, 4.69) is 32.1 Å². The van der Waals surface area contributed by atoms with Crippen molar-refractivity contribution in [2.24, 2.45) is 16.5 Å². The minimum atomic E-state index is -4.22. The van der Waals surface area contributed by atoms with Gasteiger partial charge in [-0.3, -0.25) is 19.4 Å². The number of carbonyl (C=O) groups excluding carboxylic acids is 1. The van der Waals surface area contributed by atoms with Gasteiger partial charge in [-0.15, -0.1) is 11.3 Å². The number of fused-ring (bicyclic) bond motifs is 1. The summed E-state index contributed by atoms with van der Waals surface area (Å²) in [6.07, 6.45) is 0.954. The molecule has 1 atom stereocenters. The summed E-state index contributed by atoms with van der Waals surface area (Å²) in [5, 5.41) is 13.6. The number of anilines is 1. The third-order valence-electron chi connectivity index (χ3n) is 7.47.